The maximum atomic E-state index is 11.5. The number of rotatable bonds is 1. The van der Waals surface area contributed by atoms with Crippen molar-refractivity contribution in [3.05, 3.63) is 28.7 Å². The number of anilines is 1. The lowest BCUT2D eigenvalue weighted by atomic mass is 9.73. The number of aromatic nitrogens is 1. The molecule has 1 aromatic carbocycles. The highest BCUT2D eigenvalue weighted by molar-refractivity contribution is 5.85. The van der Waals surface area contributed by atoms with Gasteiger partial charge in [-0.25, -0.2) is 4.79 Å². The maximum Gasteiger partial charge on any atom is 0.419 e. The largest absolute Gasteiger partial charge is 0.419 e. The van der Waals surface area contributed by atoms with Crippen molar-refractivity contribution in [3.63, 3.8) is 0 Å². The zero-order valence-corrected chi connectivity index (χ0v) is 12.9. The van der Waals surface area contributed by atoms with Crippen LogP contribution >= 0.6 is 12.4 Å². The summed E-state index contributed by atoms with van der Waals surface area (Å²) >= 11 is 0. The molecule has 2 fully saturated rings. The Hall–Kier alpha value is -1.46. The predicted octanol–water partition coefficient (Wildman–Crippen LogP) is 1.74. The SMILES string of the molecule is Cl.Cn1c(=O)oc2cc(N3CCC4(CC3)CNC4)ccc21. The van der Waals surface area contributed by atoms with Gasteiger partial charge in [-0.1, -0.05) is 0 Å². The van der Waals surface area contributed by atoms with Gasteiger partial charge in [0.15, 0.2) is 5.58 Å². The van der Waals surface area contributed by atoms with Gasteiger partial charge in [0.2, 0.25) is 0 Å². The van der Waals surface area contributed by atoms with Crippen molar-refractivity contribution < 1.29 is 4.42 Å². The molecule has 0 amide bonds. The van der Waals surface area contributed by atoms with E-state index in [1.54, 1.807) is 11.6 Å². The highest BCUT2D eigenvalue weighted by atomic mass is 35.5. The molecule has 4 rings (SSSR count). The molecule has 2 aromatic rings. The second-order valence-electron chi connectivity index (χ2n) is 6.17. The lowest BCUT2D eigenvalue weighted by molar-refractivity contribution is 0.126. The molecule has 0 saturated carbocycles. The van der Waals surface area contributed by atoms with E-state index in [2.05, 4.69) is 16.3 Å². The van der Waals surface area contributed by atoms with Crippen LogP contribution < -0.4 is 16.0 Å². The average Bonchev–Trinajstić information content (AvgIpc) is 2.72. The average molecular weight is 310 g/mol. The van der Waals surface area contributed by atoms with Gasteiger partial charge in [-0.2, -0.15) is 0 Å². The number of nitrogens with one attached hydrogen (secondary N) is 1. The normalized spacial score (nSPS) is 20.3. The van der Waals surface area contributed by atoms with Gasteiger partial charge in [0.05, 0.1) is 5.52 Å². The van der Waals surface area contributed by atoms with Crippen LogP contribution in [0.5, 0.6) is 0 Å². The Bertz CT molecular complexity index is 707. The first kappa shape index (κ1) is 14.5. The van der Waals surface area contributed by atoms with E-state index >= 15 is 0 Å². The Balaban J connectivity index is 0.00000132. The van der Waals surface area contributed by atoms with Crippen LogP contribution in [0.15, 0.2) is 27.4 Å². The number of nitrogens with zero attached hydrogens (tertiary/aromatic N) is 2. The van der Waals surface area contributed by atoms with Crippen LogP contribution in [0.2, 0.25) is 0 Å². The van der Waals surface area contributed by atoms with E-state index in [0.717, 1.165) is 24.3 Å². The molecule has 114 valence electrons. The molecule has 2 aliphatic heterocycles. The monoisotopic (exact) mass is 309 g/mol. The van der Waals surface area contributed by atoms with Crippen LogP contribution in [-0.2, 0) is 7.05 Å². The minimum Gasteiger partial charge on any atom is -0.408 e. The summed E-state index contributed by atoms with van der Waals surface area (Å²) in [7, 11) is 1.74. The molecule has 5 nitrogen and oxygen atoms in total. The van der Waals surface area contributed by atoms with Crippen molar-refractivity contribution in [1.29, 1.82) is 0 Å². The molecule has 0 aliphatic carbocycles. The van der Waals surface area contributed by atoms with Crippen LogP contribution in [0.1, 0.15) is 12.8 Å². The van der Waals surface area contributed by atoms with Gasteiger partial charge in [-0.3, -0.25) is 4.57 Å². The third-order valence-corrected chi connectivity index (χ3v) is 4.97. The summed E-state index contributed by atoms with van der Waals surface area (Å²) in [5, 5.41) is 3.39. The Kier molecular flexibility index (Phi) is 3.50. The number of piperidine rings is 1. The Morgan fingerprint density at radius 3 is 2.57 bits per heavy atom. The summed E-state index contributed by atoms with van der Waals surface area (Å²) < 4.78 is 6.82. The van der Waals surface area contributed by atoms with E-state index in [9.17, 15) is 4.79 Å². The van der Waals surface area contributed by atoms with Crippen LogP contribution in [0, 0.1) is 5.41 Å². The zero-order valence-electron chi connectivity index (χ0n) is 12.1. The number of fused-ring (bicyclic) bond motifs is 1. The molecule has 1 aromatic heterocycles. The highest BCUT2D eigenvalue weighted by Gasteiger charge is 2.39. The van der Waals surface area contributed by atoms with Gasteiger partial charge in [0.25, 0.3) is 0 Å². The number of aryl methyl sites for hydroxylation is 1. The third kappa shape index (κ3) is 2.24. The third-order valence-electron chi connectivity index (χ3n) is 4.97. The molecule has 3 heterocycles. The van der Waals surface area contributed by atoms with E-state index in [1.807, 2.05) is 12.1 Å². The molecule has 0 unspecified atom stereocenters. The number of halogens is 1. The fourth-order valence-corrected chi connectivity index (χ4v) is 3.39. The van der Waals surface area contributed by atoms with Gasteiger partial charge in [-0.05, 0) is 30.4 Å². The first-order valence-electron chi connectivity index (χ1n) is 7.22. The van der Waals surface area contributed by atoms with E-state index in [4.69, 9.17) is 4.42 Å². The van der Waals surface area contributed by atoms with Gasteiger partial charge in [0.1, 0.15) is 0 Å². The molecular weight excluding hydrogens is 290 g/mol. The van der Waals surface area contributed by atoms with E-state index < -0.39 is 0 Å². The fourth-order valence-electron chi connectivity index (χ4n) is 3.39. The molecule has 0 atom stereocenters. The van der Waals surface area contributed by atoms with Crippen LogP contribution in [0.3, 0.4) is 0 Å². The van der Waals surface area contributed by atoms with Crippen molar-refractivity contribution in [2.75, 3.05) is 31.1 Å². The molecule has 1 N–H and O–H groups in total. The van der Waals surface area contributed by atoms with Crippen molar-refractivity contribution in [2.45, 2.75) is 12.8 Å². The Labute approximate surface area is 129 Å². The van der Waals surface area contributed by atoms with Crippen molar-refractivity contribution in [3.8, 4) is 0 Å². The lowest BCUT2D eigenvalue weighted by Crippen LogP contribution is -2.58. The van der Waals surface area contributed by atoms with Gasteiger partial charge < -0.3 is 14.6 Å². The first-order valence-corrected chi connectivity index (χ1v) is 7.22. The van der Waals surface area contributed by atoms with Gasteiger partial charge >= 0.3 is 5.76 Å². The van der Waals surface area contributed by atoms with Crippen LogP contribution in [0.4, 0.5) is 5.69 Å². The molecule has 21 heavy (non-hydrogen) atoms. The summed E-state index contributed by atoms with van der Waals surface area (Å²) in [4.78, 5) is 13.9. The zero-order chi connectivity index (χ0) is 13.7. The quantitative estimate of drug-likeness (QED) is 0.872. The standard InChI is InChI=1S/C15H19N3O2.ClH/c1-17-12-3-2-11(8-13(12)20-14(17)19)18-6-4-15(5-7-18)9-16-10-15;/h2-3,8,16H,4-7,9-10H2,1H3;1H. The van der Waals surface area contributed by atoms with E-state index in [0.29, 0.717) is 11.0 Å². The van der Waals surface area contributed by atoms with Crippen molar-refractivity contribution in [2.24, 2.45) is 12.5 Å². The second-order valence-corrected chi connectivity index (χ2v) is 6.17. The molecular formula is C15H20ClN3O2. The van der Waals surface area contributed by atoms with E-state index in [-0.39, 0.29) is 18.2 Å². The Morgan fingerprint density at radius 2 is 1.95 bits per heavy atom. The van der Waals surface area contributed by atoms with Gasteiger partial charge in [-0.15, -0.1) is 12.4 Å². The van der Waals surface area contributed by atoms with Gasteiger partial charge in [0, 0.05) is 45.0 Å². The van der Waals surface area contributed by atoms with Crippen molar-refractivity contribution >= 4 is 29.2 Å². The first-order chi connectivity index (χ1) is 9.67. The molecule has 1 spiro atoms. The number of hydrogen-bond acceptors (Lipinski definition) is 4. The second kappa shape index (κ2) is 5.07. The highest BCUT2D eigenvalue weighted by Crippen LogP contribution is 2.36. The summed E-state index contributed by atoms with van der Waals surface area (Å²) in [5.41, 5.74) is 3.25. The number of hydrogen-bond donors (Lipinski definition) is 1. The maximum absolute atomic E-state index is 11.5. The fraction of sp³-hybridized carbons (Fsp3) is 0.533. The molecule has 0 bridgehead atoms. The van der Waals surface area contributed by atoms with Crippen LogP contribution in [0.25, 0.3) is 11.1 Å². The molecule has 2 saturated heterocycles. The van der Waals surface area contributed by atoms with E-state index in [1.165, 1.54) is 25.9 Å². The summed E-state index contributed by atoms with van der Waals surface area (Å²) in [6.45, 7) is 4.52. The molecule has 6 heteroatoms. The topological polar surface area (TPSA) is 50.4 Å². The number of oxazole rings is 1. The minimum atomic E-state index is -0.296. The minimum absolute atomic E-state index is 0. The van der Waals surface area contributed by atoms with Crippen LogP contribution in [-0.4, -0.2) is 30.7 Å². The lowest BCUT2D eigenvalue weighted by Gasteiger charge is -2.48. The molecule has 0 radical (unpaired) electrons. The molecule has 2 aliphatic rings. The number of benzene rings is 1. The summed E-state index contributed by atoms with van der Waals surface area (Å²) in [6, 6.07) is 6.06. The van der Waals surface area contributed by atoms with Crippen molar-refractivity contribution in [1.82, 2.24) is 9.88 Å². The smallest absolute Gasteiger partial charge is 0.408 e. The Morgan fingerprint density at radius 1 is 1.24 bits per heavy atom. The predicted molar refractivity (Wildman–Crippen MR) is 85.5 cm³/mol. The summed E-state index contributed by atoms with van der Waals surface area (Å²) in [6.07, 6.45) is 2.49. The summed E-state index contributed by atoms with van der Waals surface area (Å²) in [5.74, 6) is -0.296.